The number of hydrogen-bond acceptors (Lipinski definition) is 8. The number of carbonyl (C=O) groups excluding carboxylic acids is 1. The quantitative estimate of drug-likeness (QED) is 0.271. The Morgan fingerprint density at radius 3 is 2.38 bits per heavy atom. The number of nitrogens with zero attached hydrogens (tertiary/aromatic N) is 4. The molecule has 13 heteroatoms. The van der Waals surface area contributed by atoms with Crippen LogP contribution in [0.5, 0.6) is 0 Å². The second-order valence-corrected chi connectivity index (χ2v) is 9.22. The van der Waals surface area contributed by atoms with Crippen LogP contribution in [0.3, 0.4) is 0 Å². The Kier molecular flexibility index (Phi) is 11.3. The number of carbonyl (C=O) groups is 1. The van der Waals surface area contributed by atoms with Crippen molar-refractivity contribution in [1.82, 2.24) is 29.5 Å². The van der Waals surface area contributed by atoms with Crippen LogP contribution in [0.25, 0.3) is 33.7 Å². The number of fused-ring (bicyclic) bond motifs is 1. The number of nitrogens with two attached hydrogens (primary N) is 1. The molecule has 5 aromatic rings. The lowest BCUT2D eigenvalue weighted by Gasteiger charge is -2.09. The SMILES string of the molecule is CC.CC.CN.Cc1cc(C(=O)NS(=O)(=O)c2ccc(-c3ccnc4nc(-c5cnn(C)c5)[nH]c34)cc2F)co1. The van der Waals surface area contributed by atoms with Crippen LogP contribution in [-0.4, -0.2) is 46.1 Å². The van der Waals surface area contributed by atoms with Crippen molar-refractivity contribution in [2.45, 2.75) is 39.5 Å². The van der Waals surface area contributed by atoms with Gasteiger partial charge in [-0.2, -0.15) is 5.10 Å². The van der Waals surface area contributed by atoms with Crippen molar-refractivity contribution in [3.05, 3.63) is 72.3 Å². The fraction of sp³-hybridized carbons (Fsp3) is 0.259. The van der Waals surface area contributed by atoms with Crippen molar-refractivity contribution in [2.75, 3.05) is 7.05 Å². The highest BCUT2D eigenvalue weighted by Crippen LogP contribution is 2.30. The molecule has 0 saturated carbocycles. The molecule has 5 rings (SSSR count). The number of amides is 1. The molecule has 11 nitrogen and oxygen atoms in total. The number of H-pyrrole nitrogens is 1. The summed E-state index contributed by atoms with van der Waals surface area (Å²) in [7, 11) is -1.17. The van der Waals surface area contributed by atoms with Crippen LogP contribution in [0.15, 0.2) is 64.5 Å². The summed E-state index contributed by atoms with van der Waals surface area (Å²) in [5, 5.41) is 4.12. The molecule has 0 spiro atoms. The van der Waals surface area contributed by atoms with Crippen LogP contribution in [0.2, 0.25) is 0 Å². The molecule has 0 aliphatic carbocycles. The maximum Gasteiger partial charge on any atom is 0.268 e. The largest absolute Gasteiger partial charge is 0.469 e. The highest BCUT2D eigenvalue weighted by atomic mass is 32.2. The Morgan fingerprint density at radius 2 is 1.80 bits per heavy atom. The van der Waals surface area contributed by atoms with Gasteiger partial charge in [-0.1, -0.05) is 33.8 Å². The molecule has 4 heterocycles. The van der Waals surface area contributed by atoms with E-state index in [9.17, 15) is 17.6 Å². The van der Waals surface area contributed by atoms with Crippen molar-refractivity contribution < 1.29 is 22.0 Å². The van der Waals surface area contributed by atoms with Gasteiger partial charge >= 0.3 is 0 Å². The summed E-state index contributed by atoms with van der Waals surface area (Å²) in [6.07, 6.45) is 6.09. The lowest BCUT2D eigenvalue weighted by molar-refractivity contribution is 0.0980. The molecular weight excluding hydrogens is 537 g/mol. The third kappa shape index (κ3) is 6.98. The summed E-state index contributed by atoms with van der Waals surface area (Å²) in [5.41, 5.74) is 7.22. The second kappa shape index (κ2) is 14.1. The summed E-state index contributed by atoms with van der Waals surface area (Å²) in [6.45, 7) is 9.61. The van der Waals surface area contributed by atoms with E-state index in [0.29, 0.717) is 33.9 Å². The maximum absolute atomic E-state index is 15.0. The first kappa shape index (κ1) is 31.9. The predicted octanol–water partition coefficient (Wildman–Crippen LogP) is 4.81. The number of benzene rings is 1. The zero-order chi connectivity index (χ0) is 30.0. The van der Waals surface area contributed by atoms with Crippen LogP contribution in [0.4, 0.5) is 4.39 Å². The van der Waals surface area contributed by atoms with Gasteiger partial charge in [0.25, 0.3) is 15.9 Å². The molecule has 40 heavy (non-hydrogen) atoms. The number of aryl methyl sites for hydroxylation is 2. The van der Waals surface area contributed by atoms with Crippen LogP contribution < -0.4 is 10.5 Å². The number of sulfonamides is 1. The maximum atomic E-state index is 15.0. The van der Waals surface area contributed by atoms with Gasteiger partial charge in [-0.25, -0.2) is 27.5 Å². The van der Waals surface area contributed by atoms with Crippen LogP contribution in [0.1, 0.15) is 43.8 Å². The lowest BCUT2D eigenvalue weighted by atomic mass is 10.1. The zero-order valence-corrected chi connectivity index (χ0v) is 24.3. The Bertz CT molecular complexity index is 1670. The molecule has 0 saturated heterocycles. The van der Waals surface area contributed by atoms with Gasteiger partial charge in [0, 0.05) is 25.0 Å². The predicted molar refractivity (Wildman–Crippen MR) is 152 cm³/mol. The zero-order valence-electron chi connectivity index (χ0n) is 23.5. The van der Waals surface area contributed by atoms with E-state index >= 15 is 0 Å². The molecule has 1 amide bonds. The summed E-state index contributed by atoms with van der Waals surface area (Å²) >= 11 is 0. The van der Waals surface area contributed by atoms with E-state index in [4.69, 9.17) is 4.42 Å². The number of aromatic amines is 1. The highest BCUT2D eigenvalue weighted by Gasteiger charge is 2.24. The normalized spacial score (nSPS) is 10.4. The molecular formula is C27H34FN7O4S. The van der Waals surface area contributed by atoms with E-state index < -0.39 is 26.6 Å². The number of furan rings is 1. The minimum absolute atomic E-state index is 0.0148. The van der Waals surface area contributed by atoms with Crippen molar-refractivity contribution >= 4 is 27.1 Å². The van der Waals surface area contributed by atoms with E-state index in [1.807, 2.05) is 32.4 Å². The van der Waals surface area contributed by atoms with Crippen LogP contribution >= 0.6 is 0 Å². The standard InChI is InChI=1S/C22H17FN6O4S.2C2H6.CH5N/c1-12-7-14(11-33-12)22(30)28-34(31,32)18-4-3-13(8-17(18)23)16-5-6-24-21-19(16)26-20(27-21)15-9-25-29(2)10-15;3*1-2/h3-11H,1-2H3,(H,28,30)(H,24,26,27);2*1-2H3;2H2,1H3. The minimum atomic E-state index is -4.46. The van der Waals surface area contributed by atoms with Gasteiger partial charge in [0.1, 0.15) is 28.6 Å². The number of aromatic nitrogens is 5. The number of halogens is 1. The van der Waals surface area contributed by atoms with Crippen LogP contribution in [0, 0.1) is 12.7 Å². The average molecular weight is 572 g/mol. The first-order valence-corrected chi connectivity index (χ1v) is 14.0. The number of hydrogen-bond donors (Lipinski definition) is 3. The van der Waals surface area contributed by atoms with Gasteiger partial charge in [-0.3, -0.25) is 9.48 Å². The fourth-order valence-corrected chi connectivity index (χ4v) is 4.55. The van der Waals surface area contributed by atoms with Crippen molar-refractivity contribution in [3.63, 3.8) is 0 Å². The van der Waals surface area contributed by atoms with Crippen molar-refractivity contribution in [3.8, 4) is 22.5 Å². The smallest absolute Gasteiger partial charge is 0.268 e. The van der Waals surface area contributed by atoms with Gasteiger partial charge in [0.15, 0.2) is 5.65 Å². The molecule has 4 aromatic heterocycles. The molecule has 0 atom stereocenters. The van der Waals surface area contributed by atoms with Gasteiger partial charge < -0.3 is 15.1 Å². The monoisotopic (exact) mass is 571 g/mol. The molecule has 0 fully saturated rings. The molecule has 214 valence electrons. The van der Waals surface area contributed by atoms with E-state index in [2.05, 4.69) is 25.8 Å². The summed E-state index contributed by atoms with van der Waals surface area (Å²) < 4.78 is 48.7. The number of pyridine rings is 1. The van der Waals surface area contributed by atoms with E-state index in [1.165, 1.54) is 25.4 Å². The number of nitrogens with one attached hydrogen (secondary N) is 2. The first-order valence-electron chi connectivity index (χ1n) is 12.5. The van der Waals surface area contributed by atoms with Gasteiger partial charge in [0.05, 0.1) is 22.8 Å². The Balaban J connectivity index is 0.000000876. The molecule has 0 aliphatic rings. The topological polar surface area (TPSA) is 162 Å². The molecule has 0 bridgehead atoms. The first-order chi connectivity index (χ1) is 19.2. The third-order valence-corrected chi connectivity index (χ3v) is 6.49. The van der Waals surface area contributed by atoms with Crippen LogP contribution in [-0.2, 0) is 17.1 Å². The van der Waals surface area contributed by atoms with Gasteiger partial charge in [0.2, 0.25) is 0 Å². The summed E-state index contributed by atoms with van der Waals surface area (Å²) in [5.74, 6) is -0.957. The highest BCUT2D eigenvalue weighted by molar-refractivity contribution is 7.90. The van der Waals surface area contributed by atoms with Gasteiger partial charge in [-0.15, -0.1) is 0 Å². The number of rotatable bonds is 5. The van der Waals surface area contributed by atoms with Crippen molar-refractivity contribution in [1.29, 1.82) is 0 Å². The minimum Gasteiger partial charge on any atom is -0.469 e. The van der Waals surface area contributed by atoms with Crippen molar-refractivity contribution in [2.24, 2.45) is 12.8 Å². The summed E-state index contributed by atoms with van der Waals surface area (Å²) in [6, 6.07) is 6.68. The van der Waals surface area contributed by atoms with Gasteiger partial charge in [-0.05, 0) is 43.8 Å². The Hall–Kier alpha value is -4.36. The second-order valence-electron chi connectivity index (χ2n) is 7.57. The van der Waals surface area contributed by atoms with E-state index in [0.717, 1.165) is 24.0 Å². The summed E-state index contributed by atoms with van der Waals surface area (Å²) in [4.78, 5) is 23.4. The molecule has 0 radical (unpaired) electrons. The van der Waals surface area contributed by atoms with E-state index in [-0.39, 0.29) is 5.56 Å². The average Bonchev–Trinajstić information content (AvgIpc) is 3.71. The molecule has 0 unspecified atom stereocenters. The molecule has 4 N–H and O–H groups in total. The third-order valence-electron chi connectivity index (χ3n) is 5.12. The Morgan fingerprint density at radius 1 is 1.10 bits per heavy atom. The van der Waals surface area contributed by atoms with E-state index in [1.54, 1.807) is 37.1 Å². The lowest BCUT2D eigenvalue weighted by Crippen LogP contribution is -2.30. The number of imidazole rings is 1. The molecule has 1 aromatic carbocycles. The Labute approximate surface area is 232 Å². The fourth-order valence-electron chi connectivity index (χ4n) is 3.52. The molecule has 0 aliphatic heterocycles.